The van der Waals surface area contributed by atoms with Crippen LogP contribution in [0.4, 0.5) is 5.69 Å². The normalized spacial score (nSPS) is 10.6. The van der Waals surface area contributed by atoms with Crippen LogP contribution in [0.2, 0.25) is 10.0 Å². The molecule has 0 aromatic heterocycles. The maximum atomic E-state index is 6.55. The number of benzene rings is 3. The molecule has 0 aliphatic rings. The van der Waals surface area contributed by atoms with Gasteiger partial charge in [0.15, 0.2) is 11.5 Å². The molecule has 0 aliphatic carbocycles. The minimum Gasteiger partial charge on any atom is -0.490 e. The molecule has 0 spiro atoms. The summed E-state index contributed by atoms with van der Waals surface area (Å²) in [5.74, 6) is 1.17. The third kappa shape index (κ3) is 5.59. The summed E-state index contributed by atoms with van der Waals surface area (Å²) in [6.45, 7) is 5.57. The van der Waals surface area contributed by atoms with Gasteiger partial charge in [-0.1, -0.05) is 66.5 Å². The molecule has 0 fully saturated rings. The van der Waals surface area contributed by atoms with E-state index in [1.165, 1.54) is 5.56 Å². The smallest absolute Gasteiger partial charge is 0.180 e. The number of rotatable bonds is 9. The van der Waals surface area contributed by atoms with E-state index in [0.717, 1.165) is 23.2 Å². The number of anilines is 1. The fraction of sp³-hybridized carbons (Fsp3) is 0.250. The second kappa shape index (κ2) is 10.4. The second-order valence-corrected chi connectivity index (χ2v) is 7.40. The lowest BCUT2D eigenvalue weighted by atomic mass is 10.1. The lowest BCUT2D eigenvalue weighted by Gasteiger charge is -2.17. The maximum Gasteiger partial charge on any atom is 0.180 e. The number of para-hydroxylation sites is 1. The number of hydrogen-bond donors (Lipinski definition) is 1. The van der Waals surface area contributed by atoms with E-state index < -0.39 is 0 Å². The van der Waals surface area contributed by atoms with E-state index in [4.69, 9.17) is 32.7 Å². The summed E-state index contributed by atoms with van der Waals surface area (Å²) in [7, 11) is 0. The van der Waals surface area contributed by atoms with Crippen LogP contribution in [0.3, 0.4) is 0 Å². The van der Waals surface area contributed by atoms with Crippen molar-refractivity contribution in [2.45, 2.75) is 33.4 Å². The maximum absolute atomic E-state index is 6.55. The SMILES string of the molecule is CCOc1cc(CNc2ccccc2CC)cc(Cl)c1OCc1ccccc1Cl. The third-order valence-electron chi connectivity index (χ3n) is 4.58. The van der Waals surface area contributed by atoms with Gasteiger partial charge in [0.05, 0.1) is 11.6 Å². The van der Waals surface area contributed by atoms with Crippen LogP contribution in [0.15, 0.2) is 60.7 Å². The van der Waals surface area contributed by atoms with Crippen molar-refractivity contribution in [1.29, 1.82) is 0 Å². The molecule has 5 heteroatoms. The molecule has 0 unspecified atom stereocenters. The first-order valence-electron chi connectivity index (χ1n) is 9.75. The molecule has 3 rings (SSSR count). The highest BCUT2D eigenvalue weighted by Gasteiger charge is 2.14. The molecule has 1 N–H and O–H groups in total. The predicted molar refractivity (Wildman–Crippen MR) is 122 cm³/mol. The van der Waals surface area contributed by atoms with Crippen LogP contribution in [-0.4, -0.2) is 6.61 Å². The van der Waals surface area contributed by atoms with Gasteiger partial charge in [-0.2, -0.15) is 0 Å². The molecule has 0 heterocycles. The average molecular weight is 430 g/mol. The first-order chi connectivity index (χ1) is 14.1. The molecular weight excluding hydrogens is 405 g/mol. The van der Waals surface area contributed by atoms with Gasteiger partial charge in [-0.25, -0.2) is 0 Å². The van der Waals surface area contributed by atoms with Crippen LogP contribution < -0.4 is 14.8 Å². The Labute approximate surface area is 182 Å². The number of hydrogen-bond acceptors (Lipinski definition) is 3. The molecular formula is C24H25Cl2NO2. The van der Waals surface area contributed by atoms with Crippen LogP contribution in [0.5, 0.6) is 11.5 Å². The van der Waals surface area contributed by atoms with Gasteiger partial charge in [-0.15, -0.1) is 0 Å². The molecule has 0 saturated heterocycles. The Morgan fingerprint density at radius 1 is 0.828 bits per heavy atom. The van der Waals surface area contributed by atoms with Gasteiger partial charge in [0, 0.05) is 22.8 Å². The lowest BCUT2D eigenvalue weighted by Crippen LogP contribution is -2.05. The predicted octanol–water partition coefficient (Wildman–Crippen LogP) is 7.15. The Morgan fingerprint density at radius 2 is 1.55 bits per heavy atom. The molecule has 0 atom stereocenters. The number of aryl methyl sites for hydroxylation is 1. The Morgan fingerprint density at radius 3 is 2.28 bits per heavy atom. The fourth-order valence-corrected chi connectivity index (χ4v) is 3.57. The monoisotopic (exact) mass is 429 g/mol. The fourth-order valence-electron chi connectivity index (χ4n) is 3.09. The summed E-state index contributed by atoms with van der Waals surface area (Å²) in [4.78, 5) is 0. The number of nitrogens with one attached hydrogen (secondary N) is 1. The largest absolute Gasteiger partial charge is 0.490 e. The summed E-state index contributed by atoms with van der Waals surface area (Å²) >= 11 is 12.8. The molecule has 0 aliphatic heterocycles. The number of halogens is 2. The summed E-state index contributed by atoms with van der Waals surface area (Å²) in [6, 6.07) is 19.8. The van der Waals surface area contributed by atoms with Crippen molar-refractivity contribution < 1.29 is 9.47 Å². The van der Waals surface area contributed by atoms with Crippen molar-refractivity contribution >= 4 is 28.9 Å². The van der Waals surface area contributed by atoms with Crippen molar-refractivity contribution in [2.75, 3.05) is 11.9 Å². The van der Waals surface area contributed by atoms with E-state index in [0.29, 0.717) is 41.3 Å². The summed E-state index contributed by atoms with van der Waals surface area (Å²) in [5.41, 5.74) is 4.33. The average Bonchev–Trinajstić information content (AvgIpc) is 2.73. The van der Waals surface area contributed by atoms with Gasteiger partial charge in [-0.05, 0) is 48.7 Å². The Bertz CT molecular complexity index is 959. The molecule has 3 aromatic rings. The van der Waals surface area contributed by atoms with Crippen LogP contribution in [0.25, 0.3) is 0 Å². The third-order valence-corrected chi connectivity index (χ3v) is 5.23. The van der Waals surface area contributed by atoms with Crippen LogP contribution >= 0.6 is 23.2 Å². The van der Waals surface area contributed by atoms with Gasteiger partial charge in [-0.3, -0.25) is 0 Å². The molecule has 3 nitrogen and oxygen atoms in total. The molecule has 29 heavy (non-hydrogen) atoms. The van der Waals surface area contributed by atoms with Gasteiger partial charge < -0.3 is 14.8 Å². The highest BCUT2D eigenvalue weighted by molar-refractivity contribution is 6.32. The summed E-state index contributed by atoms with van der Waals surface area (Å²) in [5, 5.41) is 4.67. The molecule has 0 amide bonds. The minimum absolute atomic E-state index is 0.320. The molecule has 3 aromatic carbocycles. The minimum atomic E-state index is 0.320. The van der Waals surface area contributed by atoms with Crippen molar-refractivity contribution in [3.63, 3.8) is 0 Å². The van der Waals surface area contributed by atoms with Crippen molar-refractivity contribution in [2.24, 2.45) is 0 Å². The molecule has 0 bridgehead atoms. The van der Waals surface area contributed by atoms with E-state index in [9.17, 15) is 0 Å². The standard InChI is InChI=1S/C24H25Cl2NO2/c1-3-18-9-6-8-12-22(18)27-15-17-13-21(26)24(23(14-17)28-4-2)29-16-19-10-5-7-11-20(19)25/h5-14,27H,3-4,15-16H2,1-2H3. The summed E-state index contributed by atoms with van der Waals surface area (Å²) < 4.78 is 11.8. The van der Waals surface area contributed by atoms with Crippen LogP contribution in [0, 0.1) is 0 Å². The Balaban J connectivity index is 1.77. The molecule has 0 radical (unpaired) electrons. The molecule has 152 valence electrons. The topological polar surface area (TPSA) is 30.5 Å². The zero-order valence-corrected chi connectivity index (χ0v) is 18.2. The Kier molecular flexibility index (Phi) is 7.68. The van der Waals surface area contributed by atoms with Gasteiger partial charge in [0.1, 0.15) is 6.61 Å². The Hall–Kier alpha value is -2.36. The van der Waals surface area contributed by atoms with Crippen LogP contribution in [0.1, 0.15) is 30.5 Å². The quantitative estimate of drug-likeness (QED) is 0.391. The highest BCUT2D eigenvalue weighted by Crippen LogP contribution is 2.38. The van der Waals surface area contributed by atoms with Crippen molar-refractivity contribution in [1.82, 2.24) is 0 Å². The first kappa shape index (κ1) is 21.4. The van der Waals surface area contributed by atoms with Gasteiger partial charge in [0.2, 0.25) is 0 Å². The highest BCUT2D eigenvalue weighted by atomic mass is 35.5. The zero-order chi connectivity index (χ0) is 20.6. The first-order valence-corrected chi connectivity index (χ1v) is 10.5. The van der Waals surface area contributed by atoms with E-state index in [1.54, 1.807) is 0 Å². The van der Waals surface area contributed by atoms with E-state index in [1.807, 2.05) is 49.4 Å². The summed E-state index contributed by atoms with van der Waals surface area (Å²) in [6.07, 6.45) is 0.975. The van der Waals surface area contributed by atoms with Crippen LogP contribution in [-0.2, 0) is 19.6 Å². The van der Waals surface area contributed by atoms with E-state index in [2.05, 4.69) is 30.4 Å². The molecule has 0 saturated carbocycles. The lowest BCUT2D eigenvalue weighted by molar-refractivity contribution is 0.269. The van der Waals surface area contributed by atoms with Gasteiger partial charge >= 0.3 is 0 Å². The van der Waals surface area contributed by atoms with Crippen molar-refractivity contribution in [3.05, 3.63) is 87.4 Å². The van der Waals surface area contributed by atoms with E-state index in [-0.39, 0.29) is 0 Å². The number of ether oxygens (including phenoxy) is 2. The zero-order valence-electron chi connectivity index (χ0n) is 16.7. The second-order valence-electron chi connectivity index (χ2n) is 6.58. The van der Waals surface area contributed by atoms with E-state index >= 15 is 0 Å². The van der Waals surface area contributed by atoms with Gasteiger partial charge in [0.25, 0.3) is 0 Å². The van der Waals surface area contributed by atoms with Crippen molar-refractivity contribution in [3.8, 4) is 11.5 Å².